The molecular formula is C11H14O2. The maximum absolute atomic E-state index is 9.04. The summed E-state index contributed by atoms with van der Waals surface area (Å²) in [7, 11) is 0. The lowest BCUT2D eigenvalue weighted by Gasteiger charge is -2.16. The number of ether oxygens (including phenoxy) is 1. The summed E-state index contributed by atoms with van der Waals surface area (Å²) < 4.78 is 5.62. The number of aliphatic hydroxyl groups excluding tert-OH is 1. The fourth-order valence-electron chi connectivity index (χ4n) is 1.78. The molecule has 2 rings (SSSR count). The van der Waals surface area contributed by atoms with Gasteiger partial charge in [-0.1, -0.05) is 31.2 Å². The second kappa shape index (κ2) is 3.48. The van der Waals surface area contributed by atoms with Gasteiger partial charge in [0.15, 0.2) is 0 Å². The van der Waals surface area contributed by atoms with E-state index in [-0.39, 0.29) is 18.6 Å². The molecule has 0 spiro atoms. The van der Waals surface area contributed by atoms with E-state index in [4.69, 9.17) is 9.84 Å². The first-order valence-electron chi connectivity index (χ1n) is 4.63. The van der Waals surface area contributed by atoms with Gasteiger partial charge in [0.05, 0.1) is 12.7 Å². The molecule has 70 valence electrons. The predicted molar refractivity (Wildman–Crippen MR) is 50.2 cm³/mol. The predicted octanol–water partition coefficient (Wildman–Crippen LogP) is 1.89. The summed E-state index contributed by atoms with van der Waals surface area (Å²) in [6.45, 7) is 2.87. The van der Waals surface area contributed by atoms with Gasteiger partial charge in [-0.05, 0) is 11.1 Å². The minimum atomic E-state index is 0.0844. The summed E-state index contributed by atoms with van der Waals surface area (Å²) in [5, 5.41) is 9.04. The van der Waals surface area contributed by atoms with Gasteiger partial charge in [0.1, 0.15) is 0 Å². The molecule has 2 heteroatoms. The number of hydrogen-bond donors (Lipinski definition) is 1. The van der Waals surface area contributed by atoms with Crippen LogP contribution < -0.4 is 0 Å². The molecule has 0 aliphatic carbocycles. The molecule has 1 unspecified atom stereocenters. The second-order valence-electron chi connectivity index (χ2n) is 3.59. The molecule has 1 heterocycles. The SMILES string of the molecule is C[C@@H](CO)C1OCc2ccccc21. The molecule has 0 aromatic heterocycles. The normalized spacial score (nSPS) is 22.8. The van der Waals surface area contributed by atoms with Crippen LogP contribution in [0.15, 0.2) is 24.3 Å². The number of aliphatic hydroxyl groups is 1. The lowest BCUT2D eigenvalue weighted by molar-refractivity contribution is 0.00955. The van der Waals surface area contributed by atoms with Crippen molar-refractivity contribution in [2.75, 3.05) is 6.61 Å². The third-order valence-corrected chi connectivity index (χ3v) is 2.58. The molecule has 0 radical (unpaired) electrons. The van der Waals surface area contributed by atoms with E-state index < -0.39 is 0 Å². The molecule has 1 aromatic carbocycles. The Morgan fingerprint density at radius 2 is 2.31 bits per heavy atom. The van der Waals surface area contributed by atoms with Crippen LogP contribution in [0.3, 0.4) is 0 Å². The molecule has 1 aromatic rings. The molecule has 1 aliphatic heterocycles. The van der Waals surface area contributed by atoms with Crippen molar-refractivity contribution in [3.63, 3.8) is 0 Å². The highest BCUT2D eigenvalue weighted by Gasteiger charge is 2.26. The minimum absolute atomic E-state index is 0.0844. The number of rotatable bonds is 2. The Morgan fingerprint density at radius 3 is 3.08 bits per heavy atom. The Hall–Kier alpha value is -0.860. The van der Waals surface area contributed by atoms with Crippen molar-refractivity contribution in [1.29, 1.82) is 0 Å². The number of fused-ring (bicyclic) bond motifs is 1. The van der Waals surface area contributed by atoms with Crippen molar-refractivity contribution in [2.45, 2.75) is 19.6 Å². The van der Waals surface area contributed by atoms with Crippen molar-refractivity contribution >= 4 is 0 Å². The fraction of sp³-hybridized carbons (Fsp3) is 0.455. The lowest BCUT2D eigenvalue weighted by Crippen LogP contribution is -2.12. The van der Waals surface area contributed by atoms with Crippen LogP contribution in [-0.2, 0) is 11.3 Å². The standard InChI is InChI=1S/C11H14O2/c1-8(6-12)11-10-5-3-2-4-9(10)7-13-11/h2-5,8,11-12H,6-7H2,1H3/t8-,11?/m0/s1. The topological polar surface area (TPSA) is 29.5 Å². The Morgan fingerprint density at radius 1 is 1.54 bits per heavy atom. The van der Waals surface area contributed by atoms with Gasteiger partial charge in [-0.25, -0.2) is 0 Å². The fourth-order valence-corrected chi connectivity index (χ4v) is 1.78. The highest BCUT2D eigenvalue weighted by Crippen LogP contribution is 2.35. The third-order valence-electron chi connectivity index (χ3n) is 2.58. The van der Waals surface area contributed by atoms with Crippen LogP contribution in [0.25, 0.3) is 0 Å². The van der Waals surface area contributed by atoms with Gasteiger partial charge >= 0.3 is 0 Å². The third kappa shape index (κ3) is 1.47. The van der Waals surface area contributed by atoms with Crippen LogP contribution in [0.4, 0.5) is 0 Å². The first-order chi connectivity index (χ1) is 6.33. The Balaban J connectivity index is 2.28. The van der Waals surface area contributed by atoms with E-state index in [0.717, 1.165) is 0 Å². The van der Waals surface area contributed by atoms with E-state index in [2.05, 4.69) is 12.1 Å². The van der Waals surface area contributed by atoms with E-state index in [0.29, 0.717) is 6.61 Å². The second-order valence-corrected chi connectivity index (χ2v) is 3.59. The first-order valence-corrected chi connectivity index (χ1v) is 4.63. The van der Waals surface area contributed by atoms with Gasteiger partial charge < -0.3 is 9.84 Å². The average molecular weight is 178 g/mol. The molecule has 1 N–H and O–H groups in total. The summed E-state index contributed by atoms with van der Waals surface area (Å²) in [5.74, 6) is 0.184. The molecule has 2 nitrogen and oxygen atoms in total. The number of hydrogen-bond acceptors (Lipinski definition) is 2. The van der Waals surface area contributed by atoms with Crippen molar-refractivity contribution in [1.82, 2.24) is 0 Å². The Kier molecular flexibility index (Phi) is 2.34. The highest BCUT2D eigenvalue weighted by molar-refractivity contribution is 5.31. The zero-order chi connectivity index (χ0) is 9.26. The van der Waals surface area contributed by atoms with Gasteiger partial charge in [0, 0.05) is 12.5 Å². The molecule has 0 bridgehead atoms. The van der Waals surface area contributed by atoms with Crippen LogP contribution in [-0.4, -0.2) is 11.7 Å². The summed E-state index contributed by atoms with van der Waals surface area (Å²) in [6, 6.07) is 8.21. The molecule has 2 atom stereocenters. The Labute approximate surface area is 78.2 Å². The average Bonchev–Trinajstić information content (AvgIpc) is 2.60. The van der Waals surface area contributed by atoms with E-state index >= 15 is 0 Å². The van der Waals surface area contributed by atoms with E-state index in [9.17, 15) is 0 Å². The maximum atomic E-state index is 9.04. The lowest BCUT2D eigenvalue weighted by atomic mass is 9.97. The quantitative estimate of drug-likeness (QED) is 0.749. The molecule has 0 saturated heterocycles. The molecule has 0 saturated carbocycles. The molecule has 1 aliphatic rings. The molecular weight excluding hydrogens is 164 g/mol. The molecule has 0 fully saturated rings. The van der Waals surface area contributed by atoms with E-state index in [1.165, 1.54) is 11.1 Å². The van der Waals surface area contributed by atoms with Gasteiger partial charge in [0.25, 0.3) is 0 Å². The van der Waals surface area contributed by atoms with Crippen LogP contribution in [0.5, 0.6) is 0 Å². The van der Waals surface area contributed by atoms with Crippen LogP contribution >= 0.6 is 0 Å². The van der Waals surface area contributed by atoms with Gasteiger partial charge in [-0.2, -0.15) is 0 Å². The van der Waals surface area contributed by atoms with Crippen LogP contribution in [0.2, 0.25) is 0 Å². The number of benzene rings is 1. The zero-order valence-corrected chi connectivity index (χ0v) is 7.73. The summed E-state index contributed by atoms with van der Waals surface area (Å²) in [4.78, 5) is 0. The van der Waals surface area contributed by atoms with E-state index in [1.54, 1.807) is 0 Å². The van der Waals surface area contributed by atoms with Gasteiger partial charge in [-0.15, -0.1) is 0 Å². The largest absolute Gasteiger partial charge is 0.396 e. The van der Waals surface area contributed by atoms with Crippen molar-refractivity contribution in [3.8, 4) is 0 Å². The smallest absolute Gasteiger partial charge is 0.0880 e. The first kappa shape index (κ1) is 8.73. The highest BCUT2D eigenvalue weighted by atomic mass is 16.5. The van der Waals surface area contributed by atoms with Crippen molar-refractivity contribution < 1.29 is 9.84 Å². The molecule has 13 heavy (non-hydrogen) atoms. The monoisotopic (exact) mass is 178 g/mol. The van der Waals surface area contributed by atoms with Crippen LogP contribution in [0, 0.1) is 5.92 Å². The van der Waals surface area contributed by atoms with Crippen molar-refractivity contribution in [2.24, 2.45) is 5.92 Å². The molecule has 0 amide bonds. The maximum Gasteiger partial charge on any atom is 0.0880 e. The summed E-state index contributed by atoms with van der Waals surface area (Å²) in [5.41, 5.74) is 2.50. The summed E-state index contributed by atoms with van der Waals surface area (Å²) >= 11 is 0. The Bertz CT molecular complexity index is 296. The van der Waals surface area contributed by atoms with Gasteiger partial charge in [0.2, 0.25) is 0 Å². The van der Waals surface area contributed by atoms with Gasteiger partial charge in [-0.3, -0.25) is 0 Å². The van der Waals surface area contributed by atoms with Crippen LogP contribution in [0.1, 0.15) is 24.2 Å². The minimum Gasteiger partial charge on any atom is -0.396 e. The van der Waals surface area contributed by atoms with E-state index in [1.807, 2.05) is 19.1 Å². The zero-order valence-electron chi connectivity index (χ0n) is 7.73. The summed E-state index contributed by atoms with van der Waals surface area (Å²) in [6.07, 6.45) is 0.0844. The van der Waals surface area contributed by atoms with Crippen molar-refractivity contribution in [3.05, 3.63) is 35.4 Å².